The Hall–Kier alpha value is -2.41. The van der Waals surface area contributed by atoms with Gasteiger partial charge in [0.1, 0.15) is 0 Å². The van der Waals surface area contributed by atoms with Crippen molar-refractivity contribution in [2.75, 3.05) is 19.0 Å². The van der Waals surface area contributed by atoms with Gasteiger partial charge in [-0.25, -0.2) is 4.98 Å². The number of nitrogens with one attached hydrogen (secondary N) is 2. The first-order valence-electron chi connectivity index (χ1n) is 6.73. The third-order valence-corrected chi connectivity index (χ3v) is 3.77. The Morgan fingerprint density at radius 2 is 2.05 bits per heavy atom. The van der Waals surface area contributed by atoms with Gasteiger partial charge in [0, 0.05) is 30.7 Å². The third kappa shape index (κ3) is 4.29. The molecule has 116 valence electrons. The molecule has 0 saturated carbocycles. The van der Waals surface area contributed by atoms with Gasteiger partial charge < -0.3 is 4.90 Å². The average Bonchev–Trinajstić information content (AvgIpc) is 2.90. The van der Waals surface area contributed by atoms with Gasteiger partial charge in [-0.2, -0.15) is 0 Å². The summed E-state index contributed by atoms with van der Waals surface area (Å²) in [5.74, 6) is -0.658. The fourth-order valence-electron chi connectivity index (χ4n) is 1.82. The van der Waals surface area contributed by atoms with Gasteiger partial charge in [0.25, 0.3) is 5.91 Å². The first-order chi connectivity index (χ1) is 10.5. The van der Waals surface area contributed by atoms with Crippen LogP contribution >= 0.6 is 11.3 Å². The number of hydrazine groups is 1. The molecule has 22 heavy (non-hydrogen) atoms. The first kappa shape index (κ1) is 16.0. The molecule has 6 nitrogen and oxygen atoms in total. The SMILES string of the molecule is Cc1nc(CC(=O)NNC(=O)c2cccc(N(C)C)c2)cs1. The van der Waals surface area contributed by atoms with E-state index in [2.05, 4.69) is 15.8 Å². The summed E-state index contributed by atoms with van der Waals surface area (Å²) in [5.41, 5.74) is 6.90. The molecule has 7 heteroatoms. The Kier molecular flexibility index (Phi) is 5.11. The van der Waals surface area contributed by atoms with Gasteiger partial charge in [0.05, 0.1) is 17.1 Å². The number of thiazole rings is 1. The number of rotatable bonds is 4. The quantitative estimate of drug-likeness (QED) is 0.838. The molecule has 1 aromatic heterocycles. The van der Waals surface area contributed by atoms with E-state index in [4.69, 9.17) is 0 Å². The Labute approximate surface area is 133 Å². The highest BCUT2D eigenvalue weighted by Crippen LogP contribution is 2.13. The second kappa shape index (κ2) is 7.04. The average molecular weight is 318 g/mol. The monoisotopic (exact) mass is 318 g/mol. The van der Waals surface area contributed by atoms with E-state index in [9.17, 15) is 9.59 Å². The molecule has 0 bridgehead atoms. The molecule has 0 saturated heterocycles. The molecule has 0 spiro atoms. The van der Waals surface area contributed by atoms with Gasteiger partial charge in [0.2, 0.25) is 5.91 Å². The molecule has 0 aliphatic rings. The van der Waals surface area contributed by atoms with Gasteiger partial charge in [-0.3, -0.25) is 20.4 Å². The number of aromatic nitrogens is 1. The Bertz CT molecular complexity index is 682. The number of carbonyl (C=O) groups is 2. The highest BCUT2D eigenvalue weighted by Gasteiger charge is 2.10. The van der Waals surface area contributed by atoms with E-state index in [1.54, 1.807) is 18.2 Å². The fourth-order valence-corrected chi connectivity index (χ4v) is 2.43. The van der Waals surface area contributed by atoms with Crippen molar-refractivity contribution >= 4 is 28.8 Å². The number of carbonyl (C=O) groups excluding carboxylic acids is 2. The van der Waals surface area contributed by atoms with Crippen LogP contribution in [-0.2, 0) is 11.2 Å². The number of hydrogen-bond acceptors (Lipinski definition) is 5. The molecule has 2 N–H and O–H groups in total. The van der Waals surface area contributed by atoms with Crippen LogP contribution in [0.15, 0.2) is 29.6 Å². The second-order valence-corrected chi connectivity index (χ2v) is 6.04. The van der Waals surface area contributed by atoms with E-state index < -0.39 is 0 Å². The summed E-state index contributed by atoms with van der Waals surface area (Å²) in [5, 5.41) is 2.74. The van der Waals surface area contributed by atoms with Crippen LogP contribution in [0.2, 0.25) is 0 Å². The van der Waals surface area contributed by atoms with Crippen molar-refractivity contribution in [3.8, 4) is 0 Å². The van der Waals surface area contributed by atoms with Crippen LogP contribution in [0.4, 0.5) is 5.69 Å². The molecule has 0 fully saturated rings. The molecule has 1 aromatic carbocycles. The van der Waals surface area contributed by atoms with Crippen LogP contribution in [0.1, 0.15) is 21.1 Å². The molecule has 1 heterocycles. The lowest BCUT2D eigenvalue weighted by atomic mass is 10.2. The second-order valence-electron chi connectivity index (χ2n) is 4.98. The number of hydrogen-bond donors (Lipinski definition) is 2. The number of nitrogens with zero attached hydrogens (tertiary/aromatic N) is 2. The summed E-state index contributed by atoms with van der Waals surface area (Å²) < 4.78 is 0. The minimum atomic E-state index is -0.355. The lowest BCUT2D eigenvalue weighted by molar-refractivity contribution is -0.121. The van der Waals surface area contributed by atoms with Crippen molar-refractivity contribution < 1.29 is 9.59 Å². The lowest BCUT2D eigenvalue weighted by Gasteiger charge is -2.13. The highest BCUT2D eigenvalue weighted by atomic mass is 32.1. The number of anilines is 1. The lowest BCUT2D eigenvalue weighted by Crippen LogP contribution is -2.42. The molecule has 0 radical (unpaired) electrons. The van der Waals surface area contributed by atoms with Gasteiger partial charge in [-0.1, -0.05) is 6.07 Å². The minimum absolute atomic E-state index is 0.141. The summed E-state index contributed by atoms with van der Waals surface area (Å²) in [4.78, 5) is 29.9. The molecule has 0 unspecified atom stereocenters. The predicted molar refractivity (Wildman–Crippen MR) is 86.9 cm³/mol. The molecule has 2 rings (SSSR count). The third-order valence-electron chi connectivity index (χ3n) is 2.95. The molecule has 0 atom stereocenters. The van der Waals surface area contributed by atoms with Crippen molar-refractivity contribution in [2.24, 2.45) is 0 Å². The molecular weight excluding hydrogens is 300 g/mol. The molecular formula is C15H18N4O2S. The summed E-state index contributed by atoms with van der Waals surface area (Å²) >= 11 is 1.49. The van der Waals surface area contributed by atoms with Crippen LogP contribution in [0.3, 0.4) is 0 Å². The van der Waals surface area contributed by atoms with Crippen molar-refractivity contribution in [2.45, 2.75) is 13.3 Å². The van der Waals surface area contributed by atoms with E-state index in [1.807, 2.05) is 37.4 Å². The zero-order chi connectivity index (χ0) is 16.1. The smallest absolute Gasteiger partial charge is 0.269 e. The van der Waals surface area contributed by atoms with Crippen LogP contribution < -0.4 is 15.8 Å². The summed E-state index contributed by atoms with van der Waals surface area (Å²) in [7, 11) is 3.79. The Morgan fingerprint density at radius 1 is 1.27 bits per heavy atom. The molecule has 0 aliphatic carbocycles. The van der Waals surface area contributed by atoms with Gasteiger partial charge in [0.15, 0.2) is 0 Å². The Balaban J connectivity index is 1.89. The fraction of sp³-hybridized carbons (Fsp3) is 0.267. The molecule has 0 aliphatic heterocycles. The minimum Gasteiger partial charge on any atom is -0.378 e. The van der Waals surface area contributed by atoms with Crippen molar-refractivity contribution in [1.82, 2.24) is 15.8 Å². The predicted octanol–water partition coefficient (Wildman–Crippen LogP) is 1.52. The molecule has 2 aromatic rings. The van der Waals surface area contributed by atoms with E-state index >= 15 is 0 Å². The van der Waals surface area contributed by atoms with Gasteiger partial charge in [-0.05, 0) is 25.1 Å². The van der Waals surface area contributed by atoms with Crippen LogP contribution in [-0.4, -0.2) is 30.9 Å². The van der Waals surface area contributed by atoms with Crippen molar-refractivity contribution in [3.63, 3.8) is 0 Å². The maximum Gasteiger partial charge on any atom is 0.269 e. The van der Waals surface area contributed by atoms with E-state index in [0.717, 1.165) is 10.7 Å². The summed E-state index contributed by atoms with van der Waals surface area (Å²) in [6.07, 6.45) is 0.141. The molecule has 2 amide bonds. The van der Waals surface area contributed by atoms with E-state index in [0.29, 0.717) is 11.3 Å². The van der Waals surface area contributed by atoms with Crippen LogP contribution in [0.5, 0.6) is 0 Å². The van der Waals surface area contributed by atoms with Gasteiger partial charge in [-0.15, -0.1) is 11.3 Å². The maximum absolute atomic E-state index is 12.0. The van der Waals surface area contributed by atoms with Crippen LogP contribution in [0.25, 0.3) is 0 Å². The van der Waals surface area contributed by atoms with Crippen molar-refractivity contribution in [1.29, 1.82) is 0 Å². The maximum atomic E-state index is 12.0. The normalized spacial score (nSPS) is 10.1. The van der Waals surface area contributed by atoms with E-state index in [-0.39, 0.29) is 18.2 Å². The van der Waals surface area contributed by atoms with E-state index in [1.165, 1.54) is 11.3 Å². The van der Waals surface area contributed by atoms with Crippen molar-refractivity contribution in [3.05, 3.63) is 45.9 Å². The summed E-state index contributed by atoms with van der Waals surface area (Å²) in [6.45, 7) is 1.88. The van der Waals surface area contributed by atoms with Crippen LogP contribution in [0, 0.1) is 6.92 Å². The number of aryl methyl sites for hydroxylation is 1. The zero-order valence-corrected chi connectivity index (χ0v) is 13.5. The highest BCUT2D eigenvalue weighted by molar-refractivity contribution is 7.09. The zero-order valence-electron chi connectivity index (χ0n) is 12.7. The number of amides is 2. The standard InChI is InChI=1S/C15H18N4O2S/c1-10-16-12(9-22-10)8-14(20)17-18-15(21)11-5-4-6-13(7-11)19(2)3/h4-7,9H,8H2,1-3H3,(H,17,20)(H,18,21). The largest absolute Gasteiger partial charge is 0.378 e. The topological polar surface area (TPSA) is 74.3 Å². The summed E-state index contributed by atoms with van der Waals surface area (Å²) in [6, 6.07) is 7.15. The number of benzene rings is 1. The van der Waals surface area contributed by atoms with Gasteiger partial charge >= 0.3 is 0 Å². The first-order valence-corrected chi connectivity index (χ1v) is 7.61. The Morgan fingerprint density at radius 3 is 2.68 bits per heavy atom.